The van der Waals surface area contributed by atoms with Crippen molar-refractivity contribution in [3.05, 3.63) is 0 Å². The molecule has 0 unspecified atom stereocenters. The molecule has 1 saturated carbocycles. The van der Waals surface area contributed by atoms with E-state index in [1.54, 1.807) is 0 Å². The molecule has 10 heavy (non-hydrogen) atoms. The van der Waals surface area contributed by atoms with E-state index in [1.807, 2.05) is 0 Å². The maximum absolute atomic E-state index is 10.9. The smallest absolute Gasteiger partial charge is 0.220 e. The fourth-order valence-electron chi connectivity index (χ4n) is 2.17. The summed E-state index contributed by atoms with van der Waals surface area (Å²) in [7, 11) is 0. The van der Waals surface area contributed by atoms with Crippen LogP contribution in [0.15, 0.2) is 0 Å². The van der Waals surface area contributed by atoms with Gasteiger partial charge in [-0.1, -0.05) is 6.42 Å². The van der Waals surface area contributed by atoms with Crippen molar-refractivity contribution in [1.29, 1.82) is 0 Å². The second-order valence-electron chi connectivity index (χ2n) is 3.40. The van der Waals surface area contributed by atoms with E-state index in [1.165, 1.54) is 19.3 Å². The zero-order valence-electron chi connectivity index (χ0n) is 6.10. The lowest BCUT2D eigenvalue weighted by Gasteiger charge is -2.25. The predicted molar refractivity (Wildman–Crippen MR) is 38.5 cm³/mol. The number of rotatable bonds is 0. The summed E-state index contributed by atoms with van der Waals surface area (Å²) in [5, 5.41) is 3.04. The van der Waals surface area contributed by atoms with Gasteiger partial charge in [-0.2, -0.15) is 0 Å². The van der Waals surface area contributed by atoms with Crippen molar-refractivity contribution in [2.45, 2.75) is 38.1 Å². The van der Waals surface area contributed by atoms with Gasteiger partial charge in [0.1, 0.15) is 0 Å². The van der Waals surface area contributed by atoms with Gasteiger partial charge in [-0.25, -0.2) is 0 Å². The molecule has 1 saturated heterocycles. The van der Waals surface area contributed by atoms with Gasteiger partial charge < -0.3 is 5.32 Å². The first-order chi connectivity index (χ1) is 4.86. The molecule has 2 aliphatic rings. The molecule has 1 aliphatic heterocycles. The van der Waals surface area contributed by atoms with Crippen molar-refractivity contribution in [3.8, 4) is 0 Å². The molecule has 2 fully saturated rings. The van der Waals surface area contributed by atoms with Crippen molar-refractivity contribution in [2.75, 3.05) is 0 Å². The van der Waals surface area contributed by atoms with Gasteiger partial charge >= 0.3 is 0 Å². The van der Waals surface area contributed by atoms with Crippen molar-refractivity contribution in [1.82, 2.24) is 5.32 Å². The van der Waals surface area contributed by atoms with Crippen LogP contribution in [-0.4, -0.2) is 11.9 Å². The van der Waals surface area contributed by atoms with E-state index in [0.717, 1.165) is 18.8 Å². The third kappa shape index (κ3) is 0.917. The first-order valence-electron chi connectivity index (χ1n) is 4.15. The number of nitrogens with one attached hydrogen (secondary N) is 1. The Kier molecular flexibility index (Phi) is 1.40. The lowest BCUT2D eigenvalue weighted by Crippen LogP contribution is -2.41. The maximum Gasteiger partial charge on any atom is 0.220 e. The maximum atomic E-state index is 10.9. The van der Waals surface area contributed by atoms with Gasteiger partial charge in [-0.05, 0) is 25.2 Å². The van der Waals surface area contributed by atoms with E-state index in [-0.39, 0.29) is 5.91 Å². The van der Waals surface area contributed by atoms with Crippen LogP contribution in [-0.2, 0) is 4.79 Å². The summed E-state index contributed by atoms with van der Waals surface area (Å²) >= 11 is 0. The minimum Gasteiger partial charge on any atom is -0.353 e. The molecule has 0 aromatic rings. The molecule has 2 rings (SSSR count). The van der Waals surface area contributed by atoms with E-state index < -0.39 is 0 Å². The molecular formula is C8H13NO. The molecule has 0 spiro atoms. The van der Waals surface area contributed by atoms with E-state index >= 15 is 0 Å². The van der Waals surface area contributed by atoms with Crippen LogP contribution in [0, 0.1) is 5.92 Å². The van der Waals surface area contributed by atoms with Gasteiger partial charge in [0.05, 0.1) is 0 Å². The molecular weight excluding hydrogens is 126 g/mol. The molecule has 1 amide bonds. The number of hydrogen-bond acceptors (Lipinski definition) is 1. The first-order valence-corrected chi connectivity index (χ1v) is 4.15. The highest BCUT2D eigenvalue weighted by molar-refractivity contribution is 5.77. The Bertz CT molecular complexity index is 155. The SMILES string of the molecule is O=C1CC[C@@H]2CCC[C@@H]2N1. The Morgan fingerprint density at radius 2 is 2.20 bits per heavy atom. The number of carbonyl (C=O) groups is 1. The number of amides is 1. The molecule has 1 heterocycles. The van der Waals surface area contributed by atoms with Crippen LogP contribution in [0.1, 0.15) is 32.1 Å². The number of hydrogen-bond donors (Lipinski definition) is 1. The normalized spacial score (nSPS) is 39.0. The Morgan fingerprint density at radius 1 is 1.30 bits per heavy atom. The van der Waals surface area contributed by atoms with Gasteiger partial charge in [0.25, 0.3) is 0 Å². The Morgan fingerprint density at radius 3 is 3.10 bits per heavy atom. The van der Waals surface area contributed by atoms with Crippen LogP contribution in [0.3, 0.4) is 0 Å². The fraction of sp³-hybridized carbons (Fsp3) is 0.875. The quantitative estimate of drug-likeness (QED) is 0.534. The highest BCUT2D eigenvalue weighted by Gasteiger charge is 2.31. The predicted octanol–water partition coefficient (Wildman–Crippen LogP) is 1.07. The van der Waals surface area contributed by atoms with Crippen molar-refractivity contribution < 1.29 is 4.79 Å². The standard InChI is InChI=1S/C8H13NO/c10-8-5-4-6-2-1-3-7(6)9-8/h6-7H,1-5H2,(H,9,10)/t6-,7-/m0/s1. The summed E-state index contributed by atoms with van der Waals surface area (Å²) in [6.45, 7) is 0. The van der Waals surface area contributed by atoms with Crippen LogP contribution in [0.2, 0.25) is 0 Å². The molecule has 2 heteroatoms. The van der Waals surface area contributed by atoms with E-state index in [4.69, 9.17) is 0 Å². The number of piperidine rings is 1. The van der Waals surface area contributed by atoms with E-state index in [9.17, 15) is 4.79 Å². The summed E-state index contributed by atoms with van der Waals surface area (Å²) in [5.41, 5.74) is 0. The van der Waals surface area contributed by atoms with E-state index in [2.05, 4.69) is 5.32 Å². The molecule has 2 atom stereocenters. The number of carbonyl (C=O) groups excluding carboxylic acids is 1. The van der Waals surface area contributed by atoms with Gasteiger partial charge in [0, 0.05) is 12.5 Å². The zero-order chi connectivity index (χ0) is 6.97. The van der Waals surface area contributed by atoms with Crippen LogP contribution < -0.4 is 5.32 Å². The summed E-state index contributed by atoms with van der Waals surface area (Å²) in [5.74, 6) is 1.08. The third-order valence-corrected chi connectivity index (χ3v) is 2.75. The molecule has 0 bridgehead atoms. The molecule has 0 aromatic heterocycles. The lowest BCUT2D eigenvalue weighted by molar-refractivity contribution is -0.124. The van der Waals surface area contributed by atoms with Crippen molar-refractivity contribution in [2.24, 2.45) is 5.92 Å². The lowest BCUT2D eigenvalue weighted by atomic mass is 9.94. The zero-order valence-corrected chi connectivity index (χ0v) is 6.10. The molecule has 1 N–H and O–H groups in total. The summed E-state index contributed by atoms with van der Waals surface area (Å²) in [6, 6.07) is 0.543. The van der Waals surface area contributed by atoms with Gasteiger partial charge in [0.15, 0.2) is 0 Å². The Labute approximate surface area is 61.0 Å². The monoisotopic (exact) mass is 139 g/mol. The van der Waals surface area contributed by atoms with Crippen LogP contribution in [0.25, 0.3) is 0 Å². The summed E-state index contributed by atoms with van der Waals surface area (Å²) < 4.78 is 0. The van der Waals surface area contributed by atoms with Crippen LogP contribution in [0.5, 0.6) is 0 Å². The highest BCUT2D eigenvalue weighted by Crippen LogP contribution is 2.31. The van der Waals surface area contributed by atoms with E-state index in [0.29, 0.717) is 6.04 Å². The van der Waals surface area contributed by atoms with Gasteiger partial charge in [-0.3, -0.25) is 4.79 Å². The fourth-order valence-corrected chi connectivity index (χ4v) is 2.17. The molecule has 2 nitrogen and oxygen atoms in total. The number of fused-ring (bicyclic) bond motifs is 1. The minimum atomic E-state index is 0.267. The molecule has 0 radical (unpaired) electrons. The van der Waals surface area contributed by atoms with Crippen molar-refractivity contribution in [3.63, 3.8) is 0 Å². The largest absolute Gasteiger partial charge is 0.353 e. The van der Waals surface area contributed by atoms with Crippen LogP contribution in [0.4, 0.5) is 0 Å². The molecule has 56 valence electrons. The second-order valence-corrected chi connectivity index (χ2v) is 3.40. The van der Waals surface area contributed by atoms with Crippen LogP contribution >= 0.6 is 0 Å². The van der Waals surface area contributed by atoms with Gasteiger partial charge in [0.2, 0.25) is 5.91 Å². The minimum absolute atomic E-state index is 0.267. The molecule has 1 aliphatic carbocycles. The van der Waals surface area contributed by atoms with Crippen molar-refractivity contribution >= 4 is 5.91 Å². The first kappa shape index (κ1) is 6.20. The third-order valence-electron chi connectivity index (χ3n) is 2.75. The average molecular weight is 139 g/mol. The second kappa shape index (κ2) is 2.26. The molecule has 0 aromatic carbocycles. The Balaban J connectivity index is 2.03. The topological polar surface area (TPSA) is 29.1 Å². The highest BCUT2D eigenvalue weighted by atomic mass is 16.1. The summed E-state index contributed by atoms with van der Waals surface area (Å²) in [6.07, 6.45) is 5.77. The van der Waals surface area contributed by atoms with Gasteiger partial charge in [-0.15, -0.1) is 0 Å². The summed E-state index contributed by atoms with van der Waals surface area (Å²) in [4.78, 5) is 10.9. The Hall–Kier alpha value is -0.530. The average Bonchev–Trinajstić information content (AvgIpc) is 2.33.